The smallest absolute Gasteiger partial charge is 0.226 e. The molecular weight excluding hydrogens is 262 g/mol. The molecule has 0 bridgehead atoms. The molecule has 2 saturated heterocycles. The maximum atomic E-state index is 12.5. The Balaban J connectivity index is 1.52. The number of hydrogen-bond acceptors (Lipinski definition) is 3. The zero-order valence-electron chi connectivity index (χ0n) is 11.8. The molecule has 0 radical (unpaired) electrons. The molecule has 2 aliphatic heterocycles. The first-order chi connectivity index (χ1) is 8.78. The van der Waals surface area contributed by atoms with Crippen LogP contribution in [0.25, 0.3) is 0 Å². The molecule has 2 heterocycles. The third-order valence-electron chi connectivity index (χ3n) is 5.38. The molecule has 0 aromatic carbocycles. The van der Waals surface area contributed by atoms with Gasteiger partial charge >= 0.3 is 0 Å². The Hall–Kier alpha value is -0.580. The van der Waals surface area contributed by atoms with Crippen molar-refractivity contribution in [2.24, 2.45) is 23.2 Å². The topological polar surface area (TPSA) is 54.5 Å². The zero-order chi connectivity index (χ0) is 13.8. The number of carbonyl (C=O) groups excluding carboxylic acids is 1. The number of rotatable bonds is 2. The second kappa shape index (κ2) is 4.21. The Bertz CT molecular complexity index is 479. The number of nitrogens with zero attached hydrogens (tertiary/aromatic N) is 1. The van der Waals surface area contributed by atoms with Gasteiger partial charge < -0.3 is 4.90 Å². The van der Waals surface area contributed by atoms with Crippen LogP contribution in [0.15, 0.2) is 0 Å². The summed E-state index contributed by atoms with van der Waals surface area (Å²) >= 11 is 0. The fourth-order valence-electron chi connectivity index (χ4n) is 3.87. The van der Waals surface area contributed by atoms with Crippen molar-refractivity contribution in [3.8, 4) is 0 Å². The summed E-state index contributed by atoms with van der Waals surface area (Å²) in [6.45, 7) is 5.95. The summed E-state index contributed by atoms with van der Waals surface area (Å²) in [5.74, 6) is 1.91. The summed E-state index contributed by atoms with van der Waals surface area (Å²) in [6.07, 6.45) is 3.31. The molecule has 1 saturated carbocycles. The fraction of sp³-hybridized carbons (Fsp3) is 0.929. The van der Waals surface area contributed by atoms with Crippen LogP contribution in [0, 0.1) is 23.2 Å². The lowest BCUT2D eigenvalue weighted by Crippen LogP contribution is -2.59. The summed E-state index contributed by atoms with van der Waals surface area (Å²) < 4.78 is 22.3. The summed E-state index contributed by atoms with van der Waals surface area (Å²) in [5, 5.41) is 0. The van der Waals surface area contributed by atoms with E-state index in [-0.39, 0.29) is 11.3 Å². The minimum atomic E-state index is -2.73. The van der Waals surface area contributed by atoms with E-state index in [0.717, 1.165) is 32.4 Å². The zero-order valence-corrected chi connectivity index (χ0v) is 12.6. The lowest BCUT2D eigenvalue weighted by atomic mass is 9.79. The van der Waals surface area contributed by atoms with Crippen molar-refractivity contribution >= 4 is 15.7 Å². The molecule has 3 rings (SSSR count). The van der Waals surface area contributed by atoms with Crippen molar-refractivity contribution in [3.63, 3.8) is 0 Å². The molecule has 19 heavy (non-hydrogen) atoms. The van der Waals surface area contributed by atoms with Gasteiger partial charge in [-0.05, 0) is 30.1 Å². The monoisotopic (exact) mass is 285 g/mol. The Morgan fingerprint density at radius 2 is 1.79 bits per heavy atom. The molecular formula is C14H23NO3S. The normalized spacial score (nSPS) is 33.8. The maximum Gasteiger partial charge on any atom is 0.226 e. The predicted octanol–water partition coefficient (Wildman–Crippen LogP) is 1.32. The molecule has 0 spiro atoms. The third-order valence-corrected chi connectivity index (χ3v) is 7.25. The molecule has 108 valence electrons. The SMILES string of the molecule is CC1(C)CCCC1C(=O)N1CC(C2CS(=O)(=O)C2)C1. The van der Waals surface area contributed by atoms with E-state index >= 15 is 0 Å². The lowest BCUT2D eigenvalue weighted by Gasteiger charge is -2.47. The van der Waals surface area contributed by atoms with Crippen LogP contribution in [-0.2, 0) is 14.6 Å². The first-order valence-electron chi connectivity index (χ1n) is 7.28. The Morgan fingerprint density at radius 1 is 1.16 bits per heavy atom. The van der Waals surface area contributed by atoms with E-state index < -0.39 is 9.84 Å². The van der Waals surface area contributed by atoms with E-state index in [1.807, 2.05) is 4.90 Å². The van der Waals surface area contributed by atoms with Gasteiger partial charge in [0.05, 0.1) is 11.5 Å². The van der Waals surface area contributed by atoms with Crippen molar-refractivity contribution in [1.82, 2.24) is 4.90 Å². The van der Waals surface area contributed by atoms with Gasteiger partial charge in [0.25, 0.3) is 0 Å². The number of hydrogen-bond donors (Lipinski definition) is 0. The van der Waals surface area contributed by atoms with Crippen LogP contribution in [0.5, 0.6) is 0 Å². The highest BCUT2D eigenvalue weighted by Crippen LogP contribution is 2.44. The van der Waals surface area contributed by atoms with Crippen molar-refractivity contribution < 1.29 is 13.2 Å². The molecule has 1 aliphatic carbocycles. The van der Waals surface area contributed by atoms with Crippen LogP contribution in [0.4, 0.5) is 0 Å². The minimum Gasteiger partial charge on any atom is -0.342 e. The minimum absolute atomic E-state index is 0.141. The van der Waals surface area contributed by atoms with Gasteiger partial charge in [-0.15, -0.1) is 0 Å². The first kappa shape index (κ1) is 13.4. The molecule has 1 unspecified atom stereocenters. The van der Waals surface area contributed by atoms with E-state index in [0.29, 0.717) is 29.2 Å². The van der Waals surface area contributed by atoms with Gasteiger partial charge in [0.15, 0.2) is 9.84 Å². The number of likely N-dealkylation sites (tertiary alicyclic amines) is 1. The molecule has 4 nitrogen and oxygen atoms in total. The molecule has 3 aliphatic rings. The van der Waals surface area contributed by atoms with Crippen LogP contribution in [-0.4, -0.2) is 43.8 Å². The standard InChI is InChI=1S/C14H23NO3S/c1-14(2)5-3-4-12(14)13(16)15-6-10(7-15)11-8-19(17,18)9-11/h10-12H,3-9H2,1-2H3. The highest BCUT2D eigenvalue weighted by Gasteiger charge is 2.48. The van der Waals surface area contributed by atoms with E-state index in [2.05, 4.69) is 13.8 Å². The van der Waals surface area contributed by atoms with Gasteiger partial charge in [-0.2, -0.15) is 0 Å². The molecule has 0 aromatic rings. The third kappa shape index (κ3) is 2.30. The Kier molecular flexibility index (Phi) is 2.97. The van der Waals surface area contributed by atoms with Gasteiger partial charge in [-0.3, -0.25) is 4.79 Å². The molecule has 0 N–H and O–H groups in total. The van der Waals surface area contributed by atoms with Crippen molar-refractivity contribution in [1.29, 1.82) is 0 Å². The number of amides is 1. The quantitative estimate of drug-likeness (QED) is 0.769. The van der Waals surface area contributed by atoms with Crippen molar-refractivity contribution in [2.45, 2.75) is 33.1 Å². The average Bonchev–Trinajstić information content (AvgIpc) is 2.52. The van der Waals surface area contributed by atoms with Gasteiger partial charge in [0, 0.05) is 19.0 Å². The number of carbonyl (C=O) groups is 1. The van der Waals surface area contributed by atoms with Crippen LogP contribution in [0.3, 0.4) is 0 Å². The maximum absolute atomic E-state index is 12.5. The summed E-state index contributed by atoms with van der Waals surface area (Å²) in [6, 6.07) is 0. The fourth-order valence-corrected chi connectivity index (χ4v) is 5.62. The van der Waals surface area contributed by atoms with Crippen LogP contribution in [0.1, 0.15) is 33.1 Å². The Labute approximate surface area is 115 Å². The molecule has 1 amide bonds. The molecule has 1 atom stereocenters. The first-order valence-corrected chi connectivity index (χ1v) is 9.10. The summed E-state index contributed by atoms with van der Waals surface area (Å²) in [4.78, 5) is 14.4. The van der Waals surface area contributed by atoms with Gasteiger partial charge in [-0.1, -0.05) is 20.3 Å². The van der Waals surface area contributed by atoms with Crippen molar-refractivity contribution in [2.75, 3.05) is 24.6 Å². The molecule has 3 fully saturated rings. The highest BCUT2D eigenvalue weighted by atomic mass is 32.2. The molecule has 5 heteroatoms. The second-order valence-electron chi connectivity index (χ2n) is 7.27. The highest BCUT2D eigenvalue weighted by molar-refractivity contribution is 7.92. The van der Waals surface area contributed by atoms with E-state index in [1.165, 1.54) is 0 Å². The van der Waals surface area contributed by atoms with E-state index in [4.69, 9.17) is 0 Å². The van der Waals surface area contributed by atoms with Gasteiger partial charge in [0.2, 0.25) is 5.91 Å². The summed E-state index contributed by atoms with van der Waals surface area (Å²) in [7, 11) is -2.73. The molecule has 0 aromatic heterocycles. The largest absolute Gasteiger partial charge is 0.342 e. The predicted molar refractivity (Wildman–Crippen MR) is 73.3 cm³/mol. The van der Waals surface area contributed by atoms with Crippen LogP contribution < -0.4 is 0 Å². The average molecular weight is 285 g/mol. The van der Waals surface area contributed by atoms with Gasteiger partial charge in [-0.25, -0.2) is 8.42 Å². The van der Waals surface area contributed by atoms with Crippen LogP contribution >= 0.6 is 0 Å². The number of sulfone groups is 1. The van der Waals surface area contributed by atoms with Gasteiger partial charge in [0.1, 0.15) is 0 Å². The van der Waals surface area contributed by atoms with Crippen LogP contribution in [0.2, 0.25) is 0 Å². The second-order valence-corrected chi connectivity index (χ2v) is 9.43. The van der Waals surface area contributed by atoms with Crippen molar-refractivity contribution in [3.05, 3.63) is 0 Å². The van der Waals surface area contributed by atoms with E-state index in [9.17, 15) is 13.2 Å². The van der Waals surface area contributed by atoms with E-state index in [1.54, 1.807) is 0 Å². The summed E-state index contributed by atoms with van der Waals surface area (Å²) in [5.41, 5.74) is 0.141. The Morgan fingerprint density at radius 3 is 2.26 bits per heavy atom. The lowest BCUT2D eigenvalue weighted by molar-refractivity contribution is -0.146.